The maximum atomic E-state index is 12.3. The summed E-state index contributed by atoms with van der Waals surface area (Å²) in [6.07, 6.45) is 2.01. The van der Waals surface area contributed by atoms with E-state index in [1.807, 2.05) is 25.9 Å². The summed E-state index contributed by atoms with van der Waals surface area (Å²) < 4.78 is 6.93. The highest BCUT2D eigenvalue weighted by Gasteiger charge is 2.20. The molecule has 1 heterocycles. The van der Waals surface area contributed by atoms with Gasteiger partial charge >= 0.3 is 0 Å². The minimum atomic E-state index is 0.0334. The summed E-state index contributed by atoms with van der Waals surface area (Å²) in [6.45, 7) is 3.94. The number of rotatable bonds is 8. The van der Waals surface area contributed by atoms with Gasteiger partial charge in [0.05, 0.1) is 19.9 Å². The summed E-state index contributed by atoms with van der Waals surface area (Å²) in [5.74, 6) is 0.730. The van der Waals surface area contributed by atoms with E-state index in [-0.39, 0.29) is 11.7 Å². The van der Waals surface area contributed by atoms with E-state index < -0.39 is 0 Å². The highest BCUT2D eigenvalue weighted by Crippen LogP contribution is 2.20. The van der Waals surface area contributed by atoms with Crippen LogP contribution in [-0.4, -0.2) is 54.8 Å². The molecule has 0 aromatic carbocycles. The number of ether oxygens (including phenoxy) is 1. The molecule has 6 heteroatoms. The monoisotopic (exact) mass is 268 g/mol. The molecule has 0 aliphatic carbocycles. The highest BCUT2D eigenvalue weighted by atomic mass is 16.5. The van der Waals surface area contributed by atoms with E-state index in [9.17, 15) is 4.79 Å². The van der Waals surface area contributed by atoms with Crippen molar-refractivity contribution in [2.75, 3.05) is 34.3 Å². The van der Waals surface area contributed by atoms with Crippen LogP contribution >= 0.6 is 0 Å². The van der Waals surface area contributed by atoms with Gasteiger partial charge in [-0.05, 0) is 26.6 Å². The molecular formula is C13H24N4O2. The molecule has 1 unspecified atom stereocenters. The second kappa shape index (κ2) is 7.25. The Balaban J connectivity index is 2.88. The zero-order chi connectivity index (χ0) is 14.4. The number of nitrogens with two attached hydrogens (primary N) is 1. The first kappa shape index (κ1) is 15.7. The van der Waals surface area contributed by atoms with Crippen LogP contribution in [0.1, 0.15) is 23.8 Å². The van der Waals surface area contributed by atoms with Gasteiger partial charge < -0.3 is 15.4 Å². The van der Waals surface area contributed by atoms with E-state index in [0.29, 0.717) is 31.0 Å². The predicted molar refractivity (Wildman–Crippen MR) is 74.5 cm³/mol. The Morgan fingerprint density at radius 2 is 2.26 bits per heavy atom. The normalized spacial score (nSPS) is 12.7. The molecule has 0 saturated carbocycles. The van der Waals surface area contributed by atoms with Crippen molar-refractivity contribution in [2.45, 2.75) is 19.9 Å². The molecule has 1 atom stereocenters. The zero-order valence-corrected chi connectivity index (χ0v) is 12.2. The minimum Gasteiger partial charge on any atom is -0.493 e. The van der Waals surface area contributed by atoms with Gasteiger partial charge in [-0.1, -0.05) is 6.92 Å². The number of ketones is 1. The minimum absolute atomic E-state index is 0.0334. The third-order valence-electron chi connectivity index (χ3n) is 2.99. The van der Waals surface area contributed by atoms with Crippen LogP contribution in [0.25, 0.3) is 0 Å². The molecule has 0 aliphatic rings. The Labute approximate surface area is 114 Å². The average molecular weight is 268 g/mol. The number of methoxy groups -OCH3 is 1. The number of nitrogens with zero attached hydrogens (tertiary/aromatic N) is 3. The van der Waals surface area contributed by atoms with Gasteiger partial charge in [0.2, 0.25) is 0 Å². The SMILES string of the molecule is COc1cnn(CCN(C)C)c1C(=O)CC(C)CN. The molecule has 108 valence electrons. The van der Waals surface area contributed by atoms with E-state index in [2.05, 4.69) is 5.10 Å². The molecule has 0 amide bonds. The number of likely N-dealkylation sites (N-methyl/N-ethyl adjacent to an activating group) is 1. The lowest BCUT2D eigenvalue weighted by atomic mass is 10.0. The van der Waals surface area contributed by atoms with Gasteiger partial charge in [-0.2, -0.15) is 5.10 Å². The van der Waals surface area contributed by atoms with Crippen molar-refractivity contribution in [3.8, 4) is 5.75 Å². The van der Waals surface area contributed by atoms with Gasteiger partial charge in [-0.25, -0.2) is 0 Å². The summed E-state index contributed by atoms with van der Waals surface area (Å²) >= 11 is 0. The number of aromatic nitrogens is 2. The van der Waals surface area contributed by atoms with E-state index in [1.165, 1.54) is 0 Å². The first-order chi connectivity index (χ1) is 8.99. The summed E-state index contributed by atoms with van der Waals surface area (Å²) in [7, 11) is 5.52. The van der Waals surface area contributed by atoms with Crippen molar-refractivity contribution in [1.29, 1.82) is 0 Å². The fraction of sp³-hybridized carbons (Fsp3) is 0.692. The maximum absolute atomic E-state index is 12.3. The van der Waals surface area contributed by atoms with Crippen molar-refractivity contribution in [3.05, 3.63) is 11.9 Å². The summed E-state index contributed by atoms with van der Waals surface area (Å²) in [4.78, 5) is 14.4. The molecular weight excluding hydrogens is 244 g/mol. The predicted octanol–water partition coefficient (Wildman–Crippen LogP) is 0.621. The molecule has 0 radical (unpaired) electrons. The lowest BCUT2D eigenvalue weighted by molar-refractivity contribution is 0.0951. The van der Waals surface area contributed by atoms with Gasteiger partial charge in [-0.15, -0.1) is 0 Å². The summed E-state index contributed by atoms with van der Waals surface area (Å²) in [6, 6.07) is 0. The first-order valence-corrected chi connectivity index (χ1v) is 6.47. The second-order valence-electron chi connectivity index (χ2n) is 5.06. The summed E-state index contributed by atoms with van der Waals surface area (Å²) in [5.41, 5.74) is 6.11. The van der Waals surface area contributed by atoms with Crippen molar-refractivity contribution in [3.63, 3.8) is 0 Å². The third kappa shape index (κ3) is 4.33. The third-order valence-corrected chi connectivity index (χ3v) is 2.99. The Hall–Kier alpha value is -1.40. The quantitative estimate of drug-likeness (QED) is 0.700. The van der Waals surface area contributed by atoms with Crippen LogP contribution in [-0.2, 0) is 6.54 Å². The molecule has 1 rings (SSSR count). The molecule has 19 heavy (non-hydrogen) atoms. The van der Waals surface area contributed by atoms with Gasteiger partial charge in [0.1, 0.15) is 5.69 Å². The van der Waals surface area contributed by atoms with Gasteiger partial charge in [0, 0.05) is 13.0 Å². The molecule has 0 bridgehead atoms. The fourth-order valence-electron chi connectivity index (χ4n) is 1.76. The van der Waals surface area contributed by atoms with Crippen molar-refractivity contribution >= 4 is 5.78 Å². The molecule has 0 saturated heterocycles. The highest BCUT2D eigenvalue weighted by molar-refractivity contribution is 5.97. The number of carbonyl (C=O) groups excluding carboxylic acids is 1. The van der Waals surface area contributed by atoms with E-state index in [0.717, 1.165) is 6.54 Å². The van der Waals surface area contributed by atoms with E-state index in [1.54, 1.807) is 18.0 Å². The molecule has 6 nitrogen and oxygen atoms in total. The van der Waals surface area contributed by atoms with Crippen LogP contribution in [0.4, 0.5) is 0 Å². The van der Waals surface area contributed by atoms with Crippen LogP contribution in [0.2, 0.25) is 0 Å². The second-order valence-corrected chi connectivity index (χ2v) is 5.06. The fourth-order valence-corrected chi connectivity index (χ4v) is 1.76. The van der Waals surface area contributed by atoms with Crippen LogP contribution in [0, 0.1) is 5.92 Å². The Morgan fingerprint density at radius 1 is 1.58 bits per heavy atom. The Kier molecular flexibility index (Phi) is 5.98. The Bertz CT molecular complexity index is 415. The number of Topliss-reactive ketones (excluding diaryl/α,β-unsaturated/α-hetero) is 1. The van der Waals surface area contributed by atoms with Gasteiger partial charge in [0.15, 0.2) is 11.5 Å². The first-order valence-electron chi connectivity index (χ1n) is 6.47. The van der Waals surface area contributed by atoms with Gasteiger partial charge in [-0.3, -0.25) is 9.48 Å². The van der Waals surface area contributed by atoms with Crippen molar-refractivity contribution in [1.82, 2.24) is 14.7 Å². The molecule has 0 aliphatic heterocycles. The Morgan fingerprint density at radius 3 is 2.79 bits per heavy atom. The zero-order valence-electron chi connectivity index (χ0n) is 12.2. The molecule has 0 fully saturated rings. The average Bonchev–Trinajstić information content (AvgIpc) is 2.78. The van der Waals surface area contributed by atoms with Gasteiger partial charge in [0.25, 0.3) is 0 Å². The number of hydrogen-bond acceptors (Lipinski definition) is 5. The van der Waals surface area contributed by atoms with Crippen LogP contribution < -0.4 is 10.5 Å². The lowest BCUT2D eigenvalue weighted by Crippen LogP contribution is -2.23. The standard InChI is InChI=1S/C13H24N4O2/c1-10(8-14)7-11(18)13-12(19-4)9-15-17(13)6-5-16(2)3/h9-10H,5-8,14H2,1-4H3. The number of hydrogen-bond donors (Lipinski definition) is 1. The lowest BCUT2D eigenvalue weighted by Gasteiger charge is -2.13. The molecule has 1 aromatic heterocycles. The smallest absolute Gasteiger partial charge is 0.184 e. The van der Waals surface area contributed by atoms with E-state index in [4.69, 9.17) is 10.5 Å². The van der Waals surface area contributed by atoms with Crippen LogP contribution in [0.3, 0.4) is 0 Å². The largest absolute Gasteiger partial charge is 0.493 e. The van der Waals surface area contributed by atoms with Crippen molar-refractivity contribution < 1.29 is 9.53 Å². The number of carbonyl (C=O) groups is 1. The van der Waals surface area contributed by atoms with Crippen LogP contribution in [0.5, 0.6) is 5.75 Å². The topological polar surface area (TPSA) is 73.4 Å². The molecule has 0 spiro atoms. The maximum Gasteiger partial charge on any atom is 0.184 e. The molecule has 2 N–H and O–H groups in total. The van der Waals surface area contributed by atoms with E-state index >= 15 is 0 Å². The van der Waals surface area contributed by atoms with Crippen molar-refractivity contribution in [2.24, 2.45) is 11.7 Å². The summed E-state index contributed by atoms with van der Waals surface area (Å²) in [5, 5.41) is 4.23. The van der Waals surface area contributed by atoms with Crippen LogP contribution in [0.15, 0.2) is 6.20 Å². The molecule has 1 aromatic rings.